The third-order valence-electron chi connectivity index (χ3n) is 2.65. The molecule has 22 heavy (non-hydrogen) atoms. The highest BCUT2D eigenvalue weighted by Gasteiger charge is 2.15. The summed E-state index contributed by atoms with van der Waals surface area (Å²) in [6, 6.07) is 5.02. The number of carbonyl (C=O) groups is 2. The Kier molecular flexibility index (Phi) is 7.95. The number of nitrogens with one attached hydrogen (secondary N) is 1. The molecule has 0 radical (unpaired) electrons. The van der Waals surface area contributed by atoms with Crippen LogP contribution in [-0.2, 0) is 19.1 Å². The Morgan fingerprint density at radius 3 is 2.55 bits per heavy atom. The van der Waals surface area contributed by atoms with Crippen molar-refractivity contribution < 1.29 is 19.1 Å². The Morgan fingerprint density at radius 1 is 1.32 bits per heavy atom. The molecule has 7 heteroatoms. The highest BCUT2D eigenvalue weighted by Crippen LogP contribution is 2.25. The number of benzene rings is 1. The molecule has 120 valence electrons. The average molecular weight is 346 g/mol. The van der Waals surface area contributed by atoms with Gasteiger partial charge < -0.3 is 14.8 Å². The predicted octanol–water partition coefficient (Wildman–Crippen LogP) is 2.70. The zero-order valence-electron chi connectivity index (χ0n) is 12.3. The average Bonchev–Trinajstić information content (AvgIpc) is 2.46. The van der Waals surface area contributed by atoms with Crippen molar-refractivity contribution in [2.75, 3.05) is 20.3 Å². The van der Waals surface area contributed by atoms with E-state index >= 15 is 0 Å². The summed E-state index contributed by atoms with van der Waals surface area (Å²) in [6.07, 6.45) is 1.71. The van der Waals surface area contributed by atoms with Gasteiger partial charge in [-0.15, -0.1) is 0 Å². The highest BCUT2D eigenvalue weighted by molar-refractivity contribution is 6.37. The van der Waals surface area contributed by atoms with E-state index in [2.05, 4.69) is 5.32 Å². The fourth-order valence-corrected chi connectivity index (χ4v) is 2.03. The first-order valence-electron chi connectivity index (χ1n) is 6.55. The molecule has 0 fully saturated rings. The Labute approximate surface area is 139 Å². The molecule has 0 unspecified atom stereocenters. The Morgan fingerprint density at radius 2 is 1.95 bits per heavy atom. The zero-order valence-corrected chi connectivity index (χ0v) is 13.8. The number of ether oxygens (including phenoxy) is 2. The van der Waals surface area contributed by atoms with Crippen LogP contribution in [0.2, 0.25) is 10.0 Å². The maximum Gasteiger partial charge on any atom is 0.331 e. The van der Waals surface area contributed by atoms with E-state index in [1.807, 2.05) is 0 Å². The van der Waals surface area contributed by atoms with E-state index in [4.69, 9.17) is 32.7 Å². The van der Waals surface area contributed by atoms with Crippen LogP contribution in [0.15, 0.2) is 24.3 Å². The zero-order chi connectivity index (χ0) is 16.5. The van der Waals surface area contributed by atoms with Crippen molar-refractivity contribution in [3.05, 3.63) is 39.9 Å². The van der Waals surface area contributed by atoms with Gasteiger partial charge in [-0.1, -0.05) is 29.3 Å². The summed E-state index contributed by atoms with van der Waals surface area (Å²) in [7, 11) is 1.53. The summed E-state index contributed by atoms with van der Waals surface area (Å²) in [5.74, 6) is -1.06. The second-order valence-corrected chi connectivity index (χ2v) is 5.15. The van der Waals surface area contributed by atoms with Crippen molar-refractivity contribution in [1.29, 1.82) is 0 Å². The van der Waals surface area contributed by atoms with E-state index < -0.39 is 18.0 Å². The molecule has 0 aromatic heterocycles. The van der Waals surface area contributed by atoms with E-state index in [1.54, 1.807) is 18.2 Å². The second-order valence-electron chi connectivity index (χ2n) is 4.33. The normalized spacial score (nSPS) is 12.2. The predicted molar refractivity (Wildman–Crippen MR) is 85.9 cm³/mol. The molecule has 1 N–H and O–H groups in total. The van der Waals surface area contributed by atoms with Crippen molar-refractivity contribution in [3.8, 4) is 0 Å². The lowest BCUT2D eigenvalue weighted by molar-refractivity contribution is -0.150. The van der Waals surface area contributed by atoms with Crippen LogP contribution >= 0.6 is 23.2 Å². The number of carbonyl (C=O) groups excluding carboxylic acids is 2. The fraction of sp³-hybridized carbons (Fsp3) is 0.333. The van der Waals surface area contributed by atoms with E-state index in [1.165, 1.54) is 26.2 Å². The van der Waals surface area contributed by atoms with Crippen LogP contribution in [0.1, 0.15) is 12.5 Å². The van der Waals surface area contributed by atoms with Gasteiger partial charge in [-0.25, -0.2) is 4.79 Å². The molecular weight excluding hydrogens is 329 g/mol. The second kappa shape index (κ2) is 9.46. The van der Waals surface area contributed by atoms with Crippen molar-refractivity contribution >= 4 is 41.2 Å². The van der Waals surface area contributed by atoms with Gasteiger partial charge >= 0.3 is 5.97 Å². The summed E-state index contributed by atoms with van der Waals surface area (Å²) >= 11 is 12.0. The van der Waals surface area contributed by atoms with Crippen LogP contribution in [-0.4, -0.2) is 38.2 Å². The van der Waals surface area contributed by atoms with Crippen LogP contribution < -0.4 is 5.32 Å². The minimum Gasteiger partial charge on any atom is -0.449 e. The van der Waals surface area contributed by atoms with Gasteiger partial charge in [0.2, 0.25) is 0 Å². The summed E-state index contributed by atoms with van der Waals surface area (Å²) in [6.45, 7) is 2.22. The SMILES string of the molecule is COCCNC(=O)[C@@H](C)OC(=O)/C=C/c1c(Cl)cccc1Cl. The number of hydrogen-bond acceptors (Lipinski definition) is 4. The maximum atomic E-state index is 11.7. The number of methoxy groups -OCH3 is 1. The van der Waals surface area contributed by atoms with E-state index in [-0.39, 0.29) is 0 Å². The van der Waals surface area contributed by atoms with Gasteiger partial charge in [-0.3, -0.25) is 4.79 Å². The topological polar surface area (TPSA) is 64.6 Å². The number of amides is 1. The first kappa shape index (κ1) is 18.5. The smallest absolute Gasteiger partial charge is 0.331 e. The molecule has 0 aliphatic carbocycles. The number of rotatable bonds is 7. The molecule has 1 atom stereocenters. The third kappa shape index (κ3) is 6.05. The molecule has 0 spiro atoms. The fourth-order valence-electron chi connectivity index (χ4n) is 1.51. The van der Waals surface area contributed by atoms with E-state index in [0.717, 1.165) is 0 Å². The lowest BCUT2D eigenvalue weighted by Crippen LogP contribution is -2.37. The van der Waals surface area contributed by atoms with Crippen LogP contribution in [0.25, 0.3) is 6.08 Å². The highest BCUT2D eigenvalue weighted by atomic mass is 35.5. The largest absolute Gasteiger partial charge is 0.449 e. The molecule has 0 saturated carbocycles. The monoisotopic (exact) mass is 345 g/mol. The molecule has 0 saturated heterocycles. The Balaban J connectivity index is 2.55. The van der Waals surface area contributed by atoms with Gasteiger partial charge in [-0.2, -0.15) is 0 Å². The summed E-state index contributed by atoms with van der Waals surface area (Å²) in [5.41, 5.74) is 0.514. The summed E-state index contributed by atoms with van der Waals surface area (Å²) < 4.78 is 9.78. The number of hydrogen-bond donors (Lipinski definition) is 1. The first-order valence-corrected chi connectivity index (χ1v) is 7.30. The van der Waals surface area contributed by atoms with Gasteiger partial charge in [0.1, 0.15) is 0 Å². The number of halogens is 2. The Hall–Kier alpha value is -1.56. The summed E-state index contributed by atoms with van der Waals surface area (Å²) in [5, 5.41) is 3.41. The van der Waals surface area contributed by atoms with E-state index in [0.29, 0.717) is 28.8 Å². The molecule has 0 bridgehead atoms. The minimum absolute atomic E-state index is 0.349. The molecule has 1 rings (SSSR count). The van der Waals surface area contributed by atoms with Gasteiger partial charge in [0.15, 0.2) is 6.10 Å². The molecule has 0 aliphatic heterocycles. The molecule has 1 amide bonds. The van der Waals surface area contributed by atoms with Crippen molar-refractivity contribution in [1.82, 2.24) is 5.32 Å². The minimum atomic E-state index is -0.907. The van der Waals surface area contributed by atoms with Crippen molar-refractivity contribution in [2.45, 2.75) is 13.0 Å². The molecule has 0 aliphatic rings. The van der Waals surface area contributed by atoms with Crippen LogP contribution in [0.5, 0.6) is 0 Å². The van der Waals surface area contributed by atoms with Gasteiger partial charge in [-0.05, 0) is 25.1 Å². The quantitative estimate of drug-likeness (QED) is 0.468. The maximum absolute atomic E-state index is 11.7. The molecule has 5 nitrogen and oxygen atoms in total. The lowest BCUT2D eigenvalue weighted by Gasteiger charge is -2.12. The molecule has 1 aromatic carbocycles. The van der Waals surface area contributed by atoms with Crippen LogP contribution in [0, 0.1) is 0 Å². The first-order chi connectivity index (χ1) is 10.5. The molecule has 1 aromatic rings. The van der Waals surface area contributed by atoms with Gasteiger partial charge in [0.25, 0.3) is 5.91 Å². The van der Waals surface area contributed by atoms with E-state index in [9.17, 15) is 9.59 Å². The number of esters is 1. The summed E-state index contributed by atoms with van der Waals surface area (Å²) in [4.78, 5) is 23.3. The lowest BCUT2D eigenvalue weighted by atomic mass is 10.2. The standard InChI is InChI=1S/C15H17Cl2NO4/c1-10(15(20)18-8-9-21-2)22-14(19)7-6-11-12(16)4-3-5-13(11)17/h3-7,10H,8-9H2,1-2H3,(H,18,20)/b7-6+/t10-/m1/s1. The van der Waals surface area contributed by atoms with Gasteiger partial charge in [0.05, 0.1) is 6.61 Å². The van der Waals surface area contributed by atoms with Crippen molar-refractivity contribution in [3.63, 3.8) is 0 Å². The Bertz CT molecular complexity index is 540. The van der Waals surface area contributed by atoms with Crippen molar-refractivity contribution in [2.24, 2.45) is 0 Å². The van der Waals surface area contributed by atoms with Crippen LogP contribution in [0.4, 0.5) is 0 Å². The van der Waals surface area contributed by atoms with Crippen LogP contribution in [0.3, 0.4) is 0 Å². The molecular formula is C15H17Cl2NO4. The van der Waals surface area contributed by atoms with Gasteiger partial charge in [0, 0.05) is 35.3 Å². The third-order valence-corrected chi connectivity index (χ3v) is 3.31. The molecule has 0 heterocycles.